The molecule has 0 bridgehead atoms. The molecule has 0 radical (unpaired) electrons. The van der Waals surface area contributed by atoms with E-state index in [1.54, 1.807) is 6.20 Å². The van der Waals surface area contributed by atoms with Gasteiger partial charge in [0.25, 0.3) is 0 Å². The zero-order chi connectivity index (χ0) is 16.0. The summed E-state index contributed by atoms with van der Waals surface area (Å²) in [5.74, 6) is 0.251. The van der Waals surface area contributed by atoms with E-state index in [-0.39, 0.29) is 11.2 Å². The van der Waals surface area contributed by atoms with E-state index >= 15 is 0 Å². The second kappa shape index (κ2) is 5.34. The van der Waals surface area contributed by atoms with Gasteiger partial charge < -0.3 is 15.2 Å². The van der Waals surface area contributed by atoms with Crippen LogP contribution in [-0.4, -0.2) is 46.8 Å². The molecule has 1 aliphatic carbocycles. The van der Waals surface area contributed by atoms with Gasteiger partial charge in [0.05, 0.1) is 5.39 Å². The highest BCUT2D eigenvalue weighted by molar-refractivity contribution is 6.14. The molecule has 0 amide bonds. The lowest BCUT2D eigenvalue weighted by atomic mass is 9.96. The van der Waals surface area contributed by atoms with E-state index in [2.05, 4.69) is 34.2 Å². The number of ketones is 1. The summed E-state index contributed by atoms with van der Waals surface area (Å²) >= 11 is 0. The summed E-state index contributed by atoms with van der Waals surface area (Å²) in [6, 6.07) is 2.42. The zero-order valence-electron chi connectivity index (χ0n) is 13.9. The molecular formula is C18H24N4O. The Labute approximate surface area is 136 Å². The van der Waals surface area contributed by atoms with Gasteiger partial charge in [0.1, 0.15) is 5.65 Å². The summed E-state index contributed by atoms with van der Waals surface area (Å²) in [6.45, 7) is 4.26. The van der Waals surface area contributed by atoms with Gasteiger partial charge in [0.15, 0.2) is 5.78 Å². The van der Waals surface area contributed by atoms with Gasteiger partial charge in [-0.1, -0.05) is 6.92 Å². The quantitative estimate of drug-likeness (QED) is 0.852. The molecule has 0 aromatic carbocycles. The minimum atomic E-state index is -0.159. The average molecular weight is 312 g/mol. The zero-order valence-corrected chi connectivity index (χ0v) is 13.9. The van der Waals surface area contributed by atoms with E-state index in [4.69, 9.17) is 0 Å². The predicted octanol–water partition coefficient (Wildman–Crippen LogP) is 3.05. The maximum absolute atomic E-state index is 12.8. The Morgan fingerprint density at radius 2 is 2.30 bits per heavy atom. The van der Waals surface area contributed by atoms with Gasteiger partial charge in [-0.15, -0.1) is 0 Å². The molecule has 1 aliphatic heterocycles. The van der Waals surface area contributed by atoms with Crippen LogP contribution in [0.15, 0.2) is 18.5 Å². The van der Waals surface area contributed by atoms with Crippen LogP contribution < -0.4 is 5.32 Å². The molecule has 2 N–H and O–H groups in total. The Morgan fingerprint density at radius 3 is 3.04 bits per heavy atom. The van der Waals surface area contributed by atoms with Crippen molar-refractivity contribution in [2.24, 2.45) is 5.41 Å². The van der Waals surface area contributed by atoms with Gasteiger partial charge in [-0.2, -0.15) is 0 Å². The number of likely N-dealkylation sites (N-methyl/N-ethyl adjacent to an activating group) is 1. The van der Waals surface area contributed by atoms with Crippen molar-refractivity contribution in [1.82, 2.24) is 14.9 Å². The monoisotopic (exact) mass is 312 g/mol. The Kier molecular flexibility index (Phi) is 3.41. The van der Waals surface area contributed by atoms with Crippen LogP contribution in [-0.2, 0) is 0 Å². The molecule has 23 heavy (non-hydrogen) atoms. The number of hydrogen-bond donors (Lipinski definition) is 2. The van der Waals surface area contributed by atoms with Crippen molar-refractivity contribution in [1.29, 1.82) is 0 Å². The SMILES string of the molecule is CN1CCCC(Nc2ccnc3[nH]cc(C(=O)C4(C)CC4)c23)C1. The second-order valence-electron chi connectivity index (χ2n) is 7.42. The molecule has 2 aliphatic rings. The second-order valence-corrected chi connectivity index (χ2v) is 7.42. The number of carbonyl (C=O) groups is 1. The third-order valence-electron chi connectivity index (χ3n) is 5.35. The van der Waals surface area contributed by atoms with Crippen molar-refractivity contribution >= 4 is 22.5 Å². The summed E-state index contributed by atoms with van der Waals surface area (Å²) in [5.41, 5.74) is 2.46. The summed E-state index contributed by atoms with van der Waals surface area (Å²) in [7, 11) is 2.16. The first-order valence-electron chi connectivity index (χ1n) is 8.53. The van der Waals surface area contributed by atoms with E-state index in [0.29, 0.717) is 6.04 Å². The van der Waals surface area contributed by atoms with E-state index in [9.17, 15) is 4.79 Å². The maximum Gasteiger partial charge on any atom is 0.171 e. The van der Waals surface area contributed by atoms with Gasteiger partial charge in [0, 0.05) is 41.6 Å². The van der Waals surface area contributed by atoms with E-state index in [0.717, 1.165) is 48.2 Å². The number of likely N-dealkylation sites (tertiary alicyclic amines) is 1. The first-order valence-corrected chi connectivity index (χ1v) is 8.53. The van der Waals surface area contributed by atoms with Crippen molar-refractivity contribution < 1.29 is 4.79 Å². The number of rotatable bonds is 4. The van der Waals surface area contributed by atoms with Crippen LogP contribution >= 0.6 is 0 Å². The number of H-pyrrole nitrogens is 1. The number of carbonyl (C=O) groups excluding carboxylic acids is 1. The minimum absolute atomic E-state index is 0.159. The lowest BCUT2D eigenvalue weighted by Crippen LogP contribution is -2.39. The Hall–Kier alpha value is -1.88. The molecule has 2 aromatic heterocycles. The fraction of sp³-hybridized carbons (Fsp3) is 0.556. The van der Waals surface area contributed by atoms with Crippen molar-refractivity contribution in [3.8, 4) is 0 Å². The summed E-state index contributed by atoms with van der Waals surface area (Å²) in [5, 5.41) is 4.61. The number of piperidine rings is 1. The van der Waals surface area contributed by atoms with Crippen LogP contribution in [0.2, 0.25) is 0 Å². The molecule has 1 unspecified atom stereocenters. The topological polar surface area (TPSA) is 61.0 Å². The number of anilines is 1. The van der Waals surface area contributed by atoms with Crippen LogP contribution in [0.3, 0.4) is 0 Å². The number of hydrogen-bond acceptors (Lipinski definition) is 4. The molecule has 122 valence electrons. The fourth-order valence-corrected chi connectivity index (χ4v) is 3.60. The summed E-state index contributed by atoms with van der Waals surface area (Å²) < 4.78 is 0. The average Bonchev–Trinajstić information content (AvgIpc) is 3.13. The molecule has 2 aromatic rings. The molecule has 5 heteroatoms. The number of aromatic amines is 1. The normalized spacial score (nSPS) is 23.8. The first-order chi connectivity index (χ1) is 11.1. The molecule has 3 heterocycles. The predicted molar refractivity (Wildman–Crippen MR) is 91.9 cm³/mol. The molecule has 4 rings (SSSR count). The van der Waals surface area contributed by atoms with Gasteiger partial charge in [-0.25, -0.2) is 4.98 Å². The molecule has 1 saturated heterocycles. The number of fused-ring (bicyclic) bond motifs is 1. The highest BCUT2D eigenvalue weighted by Gasteiger charge is 2.45. The van der Waals surface area contributed by atoms with Gasteiger partial charge in [0.2, 0.25) is 0 Å². The lowest BCUT2D eigenvalue weighted by Gasteiger charge is -2.31. The van der Waals surface area contributed by atoms with Crippen LogP contribution in [0.5, 0.6) is 0 Å². The molecule has 1 saturated carbocycles. The van der Waals surface area contributed by atoms with E-state index in [1.165, 1.54) is 12.8 Å². The molecule has 0 spiro atoms. The molecule has 1 atom stereocenters. The van der Waals surface area contributed by atoms with Crippen molar-refractivity contribution in [2.75, 3.05) is 25.5 Å². The standard InChI is InChI=1S/C18H24N4O/c1-18(6-7-18)16(23)13-10-20-17-15(13)14(5-8-19-17)21-12-4-3-9-22(2)11-12/h5,8,10,12H,3-4,6-7,9,11H2,1-2H3,(H2,19,20,21). The first kappa shape index (κ1) is 14.7. The third kappa shape index (κ3) is 2.63. The van der Waals surface area contributed by atoms with Crippen LogP contribution in [0, 0.1) is 5.41 Å². The van der Waals surface area contributed by atoms with Gasteiger partial charge in [-0.3, -0.25) is 4.79 Å². The van der Waals surface area contributed by atoms with Crippen molar-refractivity contribution in [2.45, 2.75) is 38.6 Å². The van der Waals surface area contributed by atoms with Crippen molar-refractivity contribution in [3.63, 3.8) is 0 Å². The van der Waals surface area contributed by atoms with E-state index in [1.807, 2.05) is 12.3 Å². The Morgan fingerprint density at radius 1 is 1.48 bits per heavy atom. The largest absolute Gasteiger partial charge is 0.380 e. The highest BCUT2D eigenvalue weighted by Crippen LogP contribution is 2.48. The molecule has 5 nitrogen and oxygen atoms in total. The van der Waals surface area contributed by atoms with Crippen molar-refractivity contribution in [3.05, 3.63) is 24.0 Å². The number of nitrogens with one attached hydrogen (secondary N) is 2. The maximum atomic E-state index is 12.8. The van der Waals surface area contributed by atoms with Gasteiger partial charge in [-0.05, 0) is 45.3 Å². The number of Topliss-reactive ketones (excluding diaryl/α,β-unsaturated/α-hetero) is 1. The van der Waals surface area contributed by atoms with Gasteiger partial charge >= 0.3 is 0 Å². The molecular weight excluding hydrogens is 288 g/mol. The number of pyridine rings is 1. The lowest BCUT2D eigenvalue weighted by molar-refractivity contribution is 0.0914. The minimum Gasteiger partial charge on any atom is -0.380 e. The third-order valence-corrected chi connectivity index (χ3v) is 5.35. The Balaban J connectivity index is 1.69. The summed E-state index contributed by atoms with van der Waals surface area (Å²) in [6.07, 6.45) is 8.01. The van der Waals surface area contributed by atoms with E-state index < -0.39 is 0 Å². The number of aromatic nitrogens is 2. The Bertz CT molecular complexity index is 747. The van der Waals surface area contributed by atoms with Crippen LogP contribution in [0.1, 0.15) is 43.0 Å². The van der Waals surface area contributed by atoms with Crippen LogP contribution in [0.25, 0.3) is 11.0 Å². The summed E-state index contributed by atoms with van der Waals surface area (Å²) in [4.78, 5) is 22.7. The van der Waals surface area contributed by atoms with Crippen LogP contribution in [0.4, 0.5) is 5.69 Å². The molecule has 2 fully saturated rings. The highest BCUT2D eigenvalue weighted by atomic mass is 16.1. The number of nitrogens with zero attached hydrogens (tertiary/aromatic N) is 2. The smallest absolute Gasteiger partial charge is 0.171 e. The fourth-order valence-electron chi connectivity index (χ4n) is 3.60.